The van der Waals surface area contributed by atoms with Gasteiger partial charge in [0, 0.05) is 48.8 Å². The first-order valence-corrected chi connectivity index (χ1v) is 11.8. The zero-order chi connectivity index (χ0) is 26.2. The molecule has 2 aromatic heterocycles. The third-order valence-electron chi connectivity index (χ3n) is 5.83. The smallest absolute Gasteiger partial charge is 0.221 e. The highest BCUT2D eigenvalue weighted by Gasteiger charge is 2.20. The lowest BCUT2D eigenvalue weighted by Crippen LogP contribution is -2.27. The number of Topliss-reactive ketones (excluding diaryl/α,β-unsaturated/α-hetero) is 1. The predicted molar refractivity (Wildman–Crippen MR) is 134 cm³/mol. The van der Waals surface area contributed by atoms with Crippen LogP contribution in [-0.4, -0.2) is 33.1 Å². The number of ether oxygens (including phenoxy) is 1. The first-order valence-electron chi connectivity index (χ1n) is 11.8. The van der Waals surface area contributed by atoms with Crippen molar-refractivity contribution >= 4 is 11.7 Å². The second-order valence-electron chi connectivity index (χ2n) is 8.60. The summed E-state index contributed by atoms with van der Waals surface area (Å²) in [5.41, 5.74) is 8.01. The average molecular weight is 505 g/mol. The van der Waals surface area contributed by atoms with Crippen LogP contribution in [0.5, 0.6) is 5.88 Å². The maximum atomic E-state index is 13.9. The van der Waals surface area contributed by atoms with Crippen LogP contribution < -0.4 is 10.5 Å². The number of halogens is 2. The normalized spacial score (nSPS) is 11.7. The molecule has 9 heteroatoms. The van der Waals surface area contributed by atoms with E-state index in [-0.39, 0.29) is 30.9 Å². The third-order valence-corrected chi connectivity index (χ3v) is 5.83. The minimum absolute atomic E-state index is 0.0577. The molecule has 4 aromatic rings. The van der Waals surface area contributed by atoms with Crippen molar-refractivity contribution in [3.8, 4) is 22.8 Å². The van der Waals surface area contributed by atoms with Crippen molar-refractivity contribution in [2.24, 2.45) is 11.7 Å². The number of nitrogens with two attached hydrogens (primary N) is 1. The van der Waals surface area contributed by atoms with Gasteiger partial charge in [-0.2, -0.15) is 5.10 Å². The fraction of sp³-hybridized carbons (Fsp3) is 0.214. The standard InChI is InChI=1S/C28H26F2N4O3/c29-24-11-10-22(16-25(24)30)34-27(17-26(33-34)20-8-4-12-32-18-20)37-13-5-9-23(35)15-21(28(31)36)14-19-6-2-1-3-7-19/h1-4,6-8,10-12,16-18,21H,5,9,13-15H2,(H2,31,36)/t21-/m1/s1. The van der Waals surface area contributed by atoms with Gasteiger partial charge in [0.25, 0.3) is 0 Å². The van der Waals surface area contributed by atoms with Crippen LogP contribution in [0.1, 0.15) is 24.8 Å². The molecule has 4 rings (SSSR count). The van der Waals surface area contributed by atoms with Gasteiger partial charge in [-0.3, -0.25) is 14.6 Å². The number of amides is 1. The molecule has 0 unspecified atom stereocenters. The molecule has 1 atom stereocenters. The molecule has 2 N–H and O–H groups in total. The SMILES string of the molecule is NC(=O)[C@@H](CC(=O)CCCOc1cc(-c2cccnc2)nn1-c1ccc(F)c(F)c1)Cc1ccccc1. The molecular formula is C28H26F2N4O3. The van der Waals surface area contributed by atoms with Gasteiger partial charge in [-0.05, 0) is 42.7 Å². The Labute approximate surface area is 212 Å². The number of carbonyl (C=O) groups is 2. The van der Waals surface area contributed by atoms with Gasteiger partial charge in [-0.25, -0.2) is 13.5 Å². The lowest BCUT2D eigenvalue weighted by atomic mass is 9.92. The van der Waals surface area contributed by atoms with E-state index < -0.39 is 23.5 Å². The van der Waals surface area contributed by atoms with Crippen LogP contribution in [0, 0.1) is 17.6 Å². The zero-order valence-corrected chi connectivity index (χ0v) is 20.0. The fourth-order valence-electron chi connectivity index (χ4n) is 3.92. The van der Waals surface area contributed by atoms with Crippen LogP contribution in [0.4, 0.5) is 8.78 Å². The summed E-state index contributed by atoms with van der Waals surface area (Å²) in [5, 5.41) is 4.48. The summed E-state index contributed by atoms with van der Waals surface area (Å²) in [5.74, 6) is -2.85. The maximum Gasteiger partial charge on any atom is 0.221 e. The Morgan fingerprint density at radius 1 is 1.00 bits per heavy atom. The van der Waals surface area contributed by atoms with Crippen LogP contribution in [-0.2, 0) is 16.0 Å². The Morgan fingerprint density at radius 2 is 1.81 bits per heavy atom. The number of primary amides is 1. The zero-order valence-electron chi connectivity index (χ0n) is 20.0. The van der Waals surface area contributed by atoms with Gasteiger partial charge in [0.05, 0.1) is 18.0 Å². The molecule has 37 heavy (non-hydrogen) atoms. The minimum atomic E-state index is -1.01. The summed E-state index contributed by atoms with van der Waals surface area (Å²) in [4.78, 5) is 28.5. The van der Waals surface area contributed by atoms with Crippen molar-refractivity contribution in [2.45, 2.75) is 25.7 Å². The summed E-state index contributed by atoms with van der Waals surface area (Å²) >= 11 is 0. The molecule has 0 spiro atoms. The number of ketones is 1. The molecule has 190 valence electrons. The number of hydrogen-bond acceptors (Lipinski definition) is 5. The summed E-state index contributed by atoms with van der Waals surface area (Å²) < 4.78 is 34.6. The van der Waals surface area contributed by atoms with Crippen molar-refractivity contribution in [1.82, 2.24) is 14.8 Å². The minimum Gasteiger partial charge on any atom is -0.478 e. The Hall–Kier alpha value is -4.40. The van der Waals surface area contributed by atoms with E-state index in [4.69, 9.17) is 10.5 Å². The predicted octanol–water partition coefficient (Wildman–Crippen LogP) is 4.67. The van der Waals surface area contributed by atoms with Crippen molar-refractivity contribution < 1.29 is 23.1 Å². The Morgan fingerprint density at radius 3 is 2.51 bits per heavy atom. The number of carbonyl (C=O) groups excluding carboxylic acids is 2. The van der Waals surface area contributed by atoms with Gasteiger partial charge in [-0.15, -0.1) is 0 Å². The van der Waals surface area contributed by atoms with Crippen molar-refractivity contribution in [3.05, 3.63) is 96.3 Å². The fourth-order valence-corrected chi connectivity index (χ4v) is 3.92. The van der Waals surface area contributed by atoms with Gasteiger partial charge in [0.15, 0.2) is 11.6 Å². The van der Waals surface area contributed by atoms with E-state index >= 15 is 0 Å². The Kier molecular flexibility index (Phi) is 8.35. The average Bonchev–Trinajstić information content (AvgIpc) is 3.33. The molecule has 0 radical (unpaired) electrons. The molecule has 0 fully saturated rings. The van der Waals surface area contributed by atoms with Crippen LogP contribution in [0.2, 0.25) is 0 Å². The number of pyridine rings is 1. The van der Waals surface area contributed by atoms with Gasteiger partial charge < -0.3 is 10.5 Å². The Bertz CT molecular complexity index is 1360. The molecule has 7 nitrogen and oxygen atoms in total. The lowest BCUT2D eigenvalue weighted by molar-refractivity contribution is -0.127. The highest BCUT2D eigenvalue weighted by atomic mass is 19.2. The molecule has 1 amide bonds. The van der Waals surface area contributed by atoms with Gasteiger partial charge in [0.2, 0.25) is 11.8 Å². The summed E-state index contributed by atoms with van der Waals surface area (Å²) in [6.07, 6.45) is 4.32. The molecular weight excluding hydrogens is 478 g/mol. The number of benzene rings is 2. The van der Waals surface area contributed by atoms with Gasteiger partial charge in [0.1, 0.15) is 5.78 Å². The van der Waals surface area contributed by atoms with E-state index in [0.29, 0.717) is 24.4 Å². The molecule has 0 aliphatic heterocycles. The van der Waals surface area contributed by atoms with Crippen LogP contribution in [0.3, 0.4) is 0 Å². The largest absolute Gasteiger partial charge is 0.478 e. The van der Waals surface area contributed by atoms with Crippen molar-refractivity contribution in [3.63, 3.8) is 0 Å². The van der Waals surface area contributed by atoms with Crippen LogP contribution in [0.25, 0.3) is 16.9 Å². The lowest BCUT2D eigenvalue weighted by Gasteiger charge is -2.13. The van der Waals surface area contributed by atoms with Gasteiger partial charge in [-0.1, -0.05) is 30.3 Å². The van der Waals surface area contributed by atoms with Crippen molar-refractivity contribution in [1.29, 1.82) is 0 Å². The molecule has 2 aromatic carbocycles. The highest BCUT2D eigenvalue weighted by Crippen LogP contribution is 2.27. The molecule has 0 aliphatic rings. The first kappa shape index (κ1) is 25.7. The van der Waals surface area contributed by atoms with E-state index in [0.717, 1.165) is 23.3 Å². The number of hydrogen-bond donors (Lipinski definition) is 1. The number of aromatic nitrogens is 3. The quantitative estimate of drug-likeness (QED) is 0.283. The van der Waals surface area contributed by atoms with E-state index in [1.165, 1.54) is 10.7 Å². The molecule has 0 aliphatic carbocycles. The number of nitrogens with zero attached hydrogens (tertiary/aromatic N) is 3. The summed E-state index contributed by atoms with van der Waals surface area (Å²) in [6, 6.07) is 18.1. The Balaban J connectivity index is 1.40. The first-order chi connectivity index (χ1) is 17.9. The van der Waals surface area contributed by atoms with Gasteiger partial charge >= 0.3 is 0 Å². The maximum absolute atomic E-state index is 13.9. The molecule has 2 heterocycles. The molecule has 0 saturated carbocycles. The van der Waals surface area contributed by atoms with Crippen molar-refractivity contribution in [2.75, 3.05) is 6.61 Å². The van der Waals surface area contributed by atoms with E-state index in [9.17, 15) is 18.4 Å². The molecule has 0 saturated heterocycles. The van der Waals surface area contributed by atoms with E-state index in [1.807, 2.05) is 36.4 Å². The van der Waals surface area contributed by atoms with Crippen LogP contribution in [0.15, 0.2) is 79.1 Å². The van der Waals surface area contributed by atoms with Crippen LogP contribution >= 0.6 is 0 Å². The second-order valence-corrected chi connectivity index (χ2v) is 8.60. The second kappa shape index (κ2) is 12.0. The monoisotopic (exact) mass is 504 g/mol. The highest BCUT2D eigenvalue weighted by molar-refractivity contribution is 5.86. The summed E-state index contributed by atoms with van der Waals surface area (Å²) in [7, 11) is 0. The summed E-state index contributed by atoms with van der Waals surface area (Å²) in [6.45, 7) is 0.174. The third kappa shape index (κ3) is 6.84. The van der Waals surface area contributed by atoms with E-state index in [2.05, 4.69) is 10.1 Å². The molecule has 0 bridgehead atoms. The van der Waals surface area contributed by atoms with E-state index in [1.54, 1.807) is 24.5 Å². The number of rotatable bonds is 12. The topological polar surface area (TPSA) is 100 Å².